The minimum Gasteiger partial charge on any atom is -0.383 e. The summed E-state index contributed by atoms with van der Waals surface area (Å²) in [4.78, 5) is 11.7. The fraction of sp³-hybridized carbons (Fsp3) is 0.923. The zero-order valence-electron chi connectivity index (χ0n) is 11.3. The molecule has 1 aliphatic rings. The molecule has 0 aromatic carbocycles. The lowest BCUT2D eigenvalue weighted by molar-refractivity contribution is -0.121. The first kappa shape index (κ1) is 14.5. The molecule has 0 aliphatic heterocycles. The van der Waals surface area contributed by atoms with E-state index in [2.05, 4.69) is 24.5 Å². The number of amides is 1. The van der Waals surface area contributed by atoms with Crippen molar-refractivity contribution in [2.75, 3.05) is 26.8 Å². The smallest absolute Gasteiger partial charge is 0.234 e. The Labute approximate surface area is 104 Å². The van der Waals surface area contributed by atoms with Crippen LogP contribution in [0.25, 0.3) is 0 Å². The van der Waals surface area contributed by atoms with Crippen molar-refractivity contribution in [1.82, 2.24) is 10.6 Å². The maximum Gasteiger partial charge on any atom is 0.234 e. The normalized spacial score (nSPS) is 28.3. The molecule has 0 bridgehead atoms. The lowest BCUT2D eigenvalue weighted by Crippen LogP contribution is -2.42. The summed E-state index contributed by atoms with van der Waals surface area (Å²) in [5, 5.41) is 6.19. The van der Waals surface area contributed by atoms with Crippen molar-refractivity contribution in [3.05, 3.63) is 0 Å². The molecule has 0 aromatic heterocycles. The van der Waals surface area contributed by atoms with E-state index in [4.69, 9.17) is 4.74 Å². The van der Waals surface area contributed by atoms with Gasteiger partial charge in [0.1, 0.15) is 0 Å². The molecule has 1 saturated carbocycles. The van der Waals surface area contributed by atoms with Crippen LogP contribution in [0.5, 0.6) is 0 Å². The number of rotatable bonds is 7. The maximum absolute atomic E-state index is 11.7. The van der Waals surface area contributed by atoms with Crippen molar-refractivity contribution < 1.29 is 9.53 Å². The van der Waals surface area contributed by atoms with Crippen LogP contribution in [0.1, 0.15) is 33.1 Å². The van der Waals surface area contributed by atoms with Crippen LogP contribution in [0, 0.1) is 11.8 Å². The van der Waals surface area contributed by atoms with E-state index in [0.717, 1.165) is 18.9 Å². The average molecular weight is 242 g/mol. The molecule has 0 spiro atoms. The van der Waals surface area contributed by atoms with Crippen LogP contribution in [0.15, 0.2) is 0 Å². The summed E-state index contributed by atoms with van der Waals surface area (Å²) in [5.41, 5.74) is 0. The van der Waals surface area contributed by atoms with Crippen LogP contribution < -0.4 is 10.6 Å². The van der Waals surface area contributed by atoms with Crippen molar-refractivity contribution in [2.45, 2.75) is 39.2 Å². The van der Waals surface area contributed by atoms with Gasteiger partial charge in [-0.15, -0.1) is 0 Å². The van der Waals surface area contributed by atoms with Crippen molar-refractivity contribution in [3.63, 3.8) is 0 Å². The van der Waals surface area contributed by atoms with Crippen LogP contribution in [0.3, 0.4) is 0 Å². The Bertz CT molecular complexity index is 233. The number of hydrogen-bond donors (Lipinski definition) is 2. The van der Waals surface area contributed by atoms with Crippen LogP contribution >= 0.6 is 0 Å². The van der Waals surface area contributed by atoms with Gasteiger partial charge >= 0.3 is 0 Å². The van der Waals surface area contributed by atoms with Crippen LogP contribution in [-0.4, -0.2) is 38.8 Å². The van der Waals surface area contributed by atoms with E-state index >= 15 is 0 Å². The third-order valence-corrected chi connectivity index (χ3v) is 3.87. The Morgan fingerprint density at radius 3 is 2.76 bits per heavy atom. The monoisotopic (exact) mass is 242 g/mol. The highest BCUT2D eigenvalue weighted by Gasteiger charge is 2.32. The van der Waals surface area contributed by atoms with Crippen molar-refractivity contribution >= 4 is 5.91 Å². The largest absolute Gasteiger partial charge is 0.383 e. The Morgan fingerprint density at radius 2 is 2.18 bits per heavy atom. The number of methoxy groups -OCH3 is 1. The van der Waals surface area contributed by atoms with Crippen molar-refractivity contribution in [2.24, 2.45) is 11.8 Å². The predicted molar refractivity (Wildman–Crippen MR) is 68.9 cm³/mol. The van der Waals surface area contributed by atoms with Crippen LogP contribution in [0.2, 0.25) is 0 Å². The number of hydrogen-bond acceptors (Lipinski definition) is 3. The third kappa shape index (κ3) is 4.64. The highest BCUT2D eigenvalue weighted by molar-refractivity contribution is 5.78. The molecule has 17 heavy (non-hydrogen) atoms. The second kappa shape index (κ2) is 7.67. The molecule has 0 radical (unpaired) electrons. The highest BCUT2D eigenvalue weighted by atomic mass is 16.5. The highest BCUT2D eigenvalue weighted by Crippen LogP contribution is 2.33. The zero-order valence-corrected chi connectivity index (χ0v) is 11.3. The molecular weight excluding hydrogens is 216 g/mol. The van der Waals surface area contributed by atoms with Crippen molar-refractivity contribution in [1.29, 1.82) is 0 Å². The molecule has 2 N–H and O–H groups in total. The van der Waals surface area contributed by atoms with E-state index in [1.807, 2.05) is 0 Å². The third-order valence-electron chi connectivity index (χ3n) is 3.87. The van der Waals surface area contributed by atoms with Gasteiger partial charge in [0, 0.05) is 19.7 Å². The molecule has 1 fully saturated rings. The summed E-state index contributed by atoms with van der Waals surface area (Å²) < 4.78 is 4.91. The quantitative estimate of drug-likeness (QED) is 0.659. The van der Waals surface area contributed by atoms with Gasteiger partial charge in [-0.05, 0) is 24.7 Å². The van der Waals surface area contributed by atoms with E-state index in [0.29, 0.717) is 25.1 Å². The van der Waals surface area contributed by atoms with E-state index in [1.54, 1.807) is 7.11 Å². The molecule has 100 valence electrons. The predicted octanol–water partition coefficient (Wildman–Crippen LogP) is 1.16. The summed E-state index contributed by atoms with van der Waals surface area (Å²) in [5.74, 6) is 1.50. The maximum atomic E-state index is 11.7. The minimum absolute atomic E-state index is 0.106. The Morgan fingerprint density at radius 1 is 1.41 bits per heavy atom. The zero-order chi connectivity index (χ0) is 12.7. The first-order valence-electron chi connectivity index (χ1n) is 6.68. The molecule has 4 nitrogen and oxygen atoms in total. The van der Waals surface area contributed by atoms with Gasteiger partial charge in [0.25, 0.3) is 0 Å². The van der Waals surface area contributed by atoms with Gasteiger partial charge < -0.3 is 15.4 Å². The van der Waals surface area contributed by atoms with Crippen LogP contribution in [0.4, 0.5) is 0 Å². The molecule has 0 aromatic rings. The van der Waals surface area contributed by atoms with Crippen molar-refractivity contribution in [3.8, 4) is 0 Å². The van der Waals surface area contributed by atoms with Gasteiger partial charge in [0.2, 0.25) is 5.91 Å². The lowest BCUT2D eigenvalue weighted by Gasteiger charge is -2.21. The average Bonchev–Trinajstić information content (AvgIpc) is 2.66. The number of carbonyl (C=O) groups excluding carboxylic acids is 1. The molecule has 3 atom stereocenters. The topological polar surface area (TPSA) is 50.4 Å². The van der Waals surface area contributed by atoms with E-state index in [-0.39, 0.29) is 5.91 Å². The SMILES string of the molecule is CCC1CCC(NC(=O)CNCCOC)C1C. The molecule has 1 rings (SSSR count). The number of nitrogens with one attached hydrogen (secondary N) is 2. The van der Waals surface area contributed by atoms with Gasteiger partial charge in [-0.2, -0.15) is 0 Å². The fourth-order valence-electron chi connectivity index (χ4n) is 2.66. The summed E-state index contributed by atoms with van der Waals surface area (Å²) in [7, 11) is 1.66. The molecular formula is C13H26N2O2. The van der Waals surface area contributed by atoms with Gasteiger partial charge in [0.15, 0.2) is 0 Å². The van der Waals surface area contributed by atoms with Gasteiger partial charge in [0.05, 0.1) is 13.2 Å². The summed E-state index contributed by atoms with van der Waals surface area (Å²) in [6.07, 6.45) is 3.60. The number of ether oxygens (including phenoxy) is 1. The molecule has 0 saturated heterocycles. The minimum atomic E-state index is 0.106. The molecule has 1 aliphatic carbocycles. The molecule has 1 amide bonds. The standard InChI is InChI=1S/C13H26N2O2/c1-4-11-5-6-12(10(11)2)15-13(16)9-14-7-8-17-3/h10-12,14H,4-9H2,1-3H3,(H,15,16). The Hall–Kier alpha value is -0.610. The van der Waals surface area contributed by atoms with E-state index < -0.39 is 0 Å². The molecule has 4 heteroatoms. The summed E-state index contributed by atoms with van der Waals surface area (Å²) >= 11 is 0. The molecule has 3 unspecified atom stereocenters. The molecule has 0 heterocycles. The summed E-state index contributed by atoms with van der Waals surface area (Å²) in [6, 6.07) is 0.372. The van der Waals surface area contributed by atoms with Gasteiger partial charge in [-0.1, -0.05) is 20.3 Å². The summed E-state index contributed by atoms with van der Waals surface area (Å²) in [6.45, 7) is 6.25. The Kier molecular flexibility index (Phi) is 6.52. The van der Waals surface area contributed by atoms with E-state index in [1.165, 1.54) is 12.8 Å². The van der Waals surface area contributed by atoms with Gasteiger partial charge in [-0.3, -0.25) is 4.79 Å². The fourth-order valence-corrected chi connectivity index (χ4v) is 2.66. The first-order chi connectivity index (χ1) is 8.19. The second-order valence-corrected chi connectivity index (χ2v) is 4.95. The first-order valence-corrected chi connectivity index (χ1v) is 6.68. The van der Waals surface area contributed by atoms with Gasteiger partial charge in [-0.25, -0.2) is 0 Å². The second-order valence-electron chi connectivity index (χ2n) is 4.95. The van der Waals surface area contributed by atoms with E-state index in [9.17, 15) is 4.79 Å². The Balaban J connectivity index is 2.18. The lowest BCUT2D eigenvalue weighted by atomic mass is 9.93. The number of carbonyl (C=O) groups is 1. The van der Waals surface area contributed by atoms with Crippen LogP contribution in [-0.2, 0) is 9.53 Å².